The van der Waals surface area contributed by atoms with Crippen molar-refractivity contribution in [3.05, 3.63) is 99.1 Å². The van der Waals surface area contributed by atoms with Crippen LogP contribution in [0.5, 0.6) is 0 Å². The van der Waals surface area contributed by atoms with E-state index in [4.69, 9.17) is 0 Å². The Balaban J connectivity index is 1.36. The molecule has 1 fully saturated rings. The van der Waals surface area contributed by atoms with Gasteiger partial charge in [-0.2, -0.15) is 0 Å². The number of nitrogens with zero attached hydrogens (tertiary/aromatic N) is 3. The van der Waals surface area contributed by atoms with Crippen molar-refractivity contribution in [3.8, 4) is 0 Å². The van der Waals surface area contributed by atoms with E-state index in [2.05, 4.69) is 31.1 Å². The third kappa shape index (κ3) is 6.17. The van der Waals surface area contributed by atoms with Crippen molar-refractivity contribution >= 4 is 23.2 Å². The Kier molecular flexibility index (Phi) is 7.33. The van der Waals surface area contributed by atoms with Gasteiger partial charge in [-0.3, -0.25) is 24.7 Å². The number of carbonyl (C=O) groups excluding carboxylic acids is 2. The zero-order chi connectivity index (χ0) is 26.7. The van der Waals surface area contributed by atoms with E-state index >= 15 is 0 Å². The lowest BCUT2D eigenvalue weighted by Crippen LogP contribution is -2.38. The molecule has 0 saturated carbocycles. The van der Waals surface area contributed by atoms with Crippen molar-refractivity contribution in [2.24, 2.45) is 0 Å². The Morgan fingerprint density at radius 2 is 1.70 bits per heavy atom. The number of hydrogen-bond donors (Lipinski definition) is 1. The SMILES string of the molecule is CC(C)(C)c1cc(C(=O)N2CCC(c3ccc(NC(=O)c4cc(F)cc([N+](=O)[O-])c4)cc3)CC2)ccn1. The van der Waals surface area contributed by atoms with E-state index in [0.717, 1.165) is 42.3 Å². The summed E-state index contributed by atoms with van der Waals surface area (Å²) in [4.78, 5) is 42.0. The summed E-state index contributed by atoms with van der Waals surface area (Å²) in [5, 5.41) is 13.6. The molecular weight excluding hydrogens is 475 g/mol. The number of pyridine rings is 1. The molecule has 0 aliphatic carbocycles. The van der Waals surface area contributed by atoms with Gasteiger partial charge < -0.3 is 10.2 Å². The average molecular weight is 505 g/mol. The minimum absolute atomic E-state index is 0.0157. The fraction of sp³-hybridized carbons (Fsp3) is 0.321. The topological polar surface area (TPSA) is 105 Å². The van der Waals surface area contributed by atoms with Crippen molar-refractivity contribution in [2.75, 3.05) is 18.4 Å². The van der Waals surface area contributed by atoms with Gasteiger partial charge >= 0.3 is 0 Å². The molecule has 0 radical (unpaired) electrons. The van der Waals surface area contributed by atoms with Gasteiger partial charge in [0.2, 0.25) is 0 Å². The zero-order valence-corrected chi connectivity index (χ0v) is 21.0. The molecule has 0 unspecified atom stereocenters. The molecule has 1 aliphatic heterocycles. The zero-order valence-electron chi connectivity index (χ0n) is 21.0. The molecule has 3 aromatic rings. The summed E-state index contributed by atoms with van der Waals surface area (Å²) >= 11 is 0. The normalized spacial score (nSPS) is 14.3. The number of halogens is 1. The number of hydrogen-bond acceptors (Lipinski definition) is 5. The van der Waals surface area contributed by atoms with Crippen molar-refractivity contribution in [2.45, 2.75) is 44.9 Å². The summed E-state index contributed by atoms with van der Waals surface area (Å²) in [7, 11) is 0. The molecule has 1 N–H and O–H groups in total. The maximum Gasteiger partial charge on any atom is 0.273 e. The van der Waals surface area contributed by atoms with Gasteiger partial charge in [-0.1, -0.05) is 32.9 Å². The monoisotopic (exact) mass is 504 g/mol. The fourth-order valence-electron chi connectivity index (χ4n) is 4.42. The van der Waals surface area contributed by atoms with Crippen LogP contribution in [0, 0.1) is 15.9 Å². The van der Waals surface area contributed by atoms with Gasteiger partial charge in [0, 0.05) is 53.3 Å². The molecule has 0 spiro atoms. The third-order valence-corrected chi connectivity index (χ3v) is 6.55. The number of non-ortho nitro benzene ring substituents is 1. The van der Waals surface area contributed by atoms with Gasteiger partial charge in [-0.15, -0.1) is 0 Å². The smallest absolute Gasteiger partial charge is 0.273 e. The fourth-order valence-corrected chi connectivity index (χ4v) is 4.42. The first-order valence-electron chi connectivity index (χ1n) is 12.1. The number of carbonyl (C=O) groups is 2. The second-order valence-corrected chi connectivity index (χ2v) is 10.3. The van der Waals surface area contributed by atoms with Gasteiger partial charge in [0.05, 0.1) is 11.0 Å². The second kappa shape index (κ2) is 10.5. The molecule has 0 bridgehead atoms. The number of amides is 2. The van der Waals surface area contributed by atoms with Gasteiger partial charge in [0.25, 0.3) is 17.5 Å². The molecule has 1 aliphatic rings. The first-order valence-corrected chi connectivity index (χ1v) is 12.1. The van der Waals surface area contributed by atoms with Gasteiger partial charge in [0.1, 0.15) is 5.82 Å². The lowest BCUT2D eigenvalue weighted by molar-refractivity contribution is -0.385. The Morgan fingerprint density at radius 3 is 2.32 bits per heavy atom. The maximum absolute atomic E-state index is 13.7. The minimum Gasteiger partial charge on any atom is -0.339 e. The number of nitrogens with one attached hydrogen (secondary N) is 1. The van der Waals surface area contributed by atoms with E-state index in [1.807, 2.05) is 23.1 Å². The number of rotatable bonds is 5. The third-order valence-electron chi connectivity index (χ3n) is 6.55. The van der Waals surface area contributed by atoms with Gasteiger partial charge in [-0.05, 0) is 54.7 Å². The number of benzene rings is 2. The minimum atomic E-state index is -0.849. The Labute approximate surface area is 214 Å². The molecule has 2 amide bonds. The molecule has 192 valence electrons. The highest BCUT2D eigenvalue weighted by atomic mass is 19.1. The van der Waals surface area contributed by atoms with E-state index in [-0.39, 0.29) is 22.8 Å². The van der Waals surface area contributed by atoms with Crippen LogP contribution in [0.4, 0.5) is 15.8 Å². The van der Waals surface area contributed by atoms with E-state index in [1.165, 1.54) is 0 Å². The van der Waals surface area contributed by atoms with Gasteiger partial charge in [-0.25, -0.2) is 4.39 Å². The van der Waals surface area contributed by atoms with Crippen LogP contribution in [0.3, 0.4) is 0 Å². The summed E-state index contributed by atoms with van der Waals surface area (Å²) in [6.45, 7) is 7.50. The van der Waals surface area contributed by atoms with Crippen LogP contribution in [0.2, 0.25) is 0 Å². The molecule has 9 heteroatoms. The predicted molar refractivity (Wildman–Crippen MR) is 138 cm³/mol. The highest BCUT2D eigenvalue weighted by molar-refractivity contribution is 6.04. The molecule has 2 heterocycles. The number of nitro benzene ring substituents is 1. The lowest BCUT2D eigenvalue weighted by atomic mass is 9.88. The summed E-state index contributed by atoms with van der Waals surface area (Å²) < 4.78 is 13.7. The maximum atomic E-state index is 13.7. The molecule has 1 saturated heterocycles. The second-order valence-electron chi connectivity index (χ2n) is 10.3. The van der Waals surface area contributed by atoms with Crippen LogP contribution in [0.15, 0.2) is 60.8 Å². The Morgan fingerprint density at radius 1 is 1.03 bits per heavy atom. The van der Waals surface area contributed by atoms with E-state index in [1.54, 1.807) is 24.4 Å². The molecule has 1 aromatic heterocycles. The first-order chi connectivity index (χ1) is 17.5. The highest BCUT2D eigenvalue weighted by Gasteiger charge is 2.26. The predicted octanol–water partition coefficient (Wildman–Crippen LogP) is 5.70. The Bertz CT molecular complexity index is 1330. The van der Waals surface area contributed by atoms with E-state index in [0.29, 0.717) is 24.3 Å². The quantitative estimate of drug-likeness (QED) is 0.355. The number of aromatic nitrogens is 1. The van der Waals surface area contributed by atoms with Crippen LogP contribution in [0.25, 0.3) is 0 Å². The van der Waals surface area contributed by atoms with Crippen LogP contribution in [-0.4, -0.2) is 39.7 Å². The molecule has 0 atom stereocenters. The standard InChI is InChI=1S/C28H29FN4O4/c1-28(2,3)25-16-20(8-11-30-25)27(35)32-12-9-19(10-13-32)18-4-6-23(7-5-18)31-26(34)21-14-22(29)17-24(15-21)33(36)37/h4-8,11,14-17,19H,9-10,12-13H2,1-3H3,(H,31,34). The number of anilines is 1. The molecule has 37 heavy (non-hydrogen) atoms. The summed E-state index contributed by atoms with van der Waals surface area (Å²) in [5.41, 5.74) is 2.40. The van der Waals surface area contributed by atoms with Crippen molar-refractivity contribution in [1.82, 2.24) is 9.88 Å². The van der Waals surface area contributed by atoms with Crippen LogP contribution in [-0.2, 0) is 5.41 Å². The summed E-state index contributed by atoms with van der Waals surface area (Å²) in [6.07, 6.45) is 3.33. The highest BCUT2D eigenvalue weighted by Crippen LogP contribution is 2.30. The van der Waals surface area contributed by atoms with E-state index < -0.39 is 22.3 Å². The van der Waals surface area contributed by atoms with Crippen LogP contribution >= 0.6 is 0 Å². The van der Waals surface area contributed by atoms with Crippen molar-refractivity contribution < 1.29 is 18.9 Å². The van der Waals surface area contributed by atoms with Crippen molar-refractivity contribution in [3.63, 3.8) is 0 Å². The number of nitro groups is 1. The van der Waals surface area contributed by atoms with Crippen LogP contribution < -0.4 is 5.32 Å². The Hall–Kier alpha value is -4.14. The molecule has 2 aromatic carbocycles. The molecular formula is C28H29FN4O4. The van der Waals surface area contributed by atoms with E-state index in [9.17, 15) is 24.1 Å². The van der Waals surface area contributed by atoms with Crippen molar-refractivity contribution in [1.29, 1.82) is 0 Å². The largest absolute Gasteiger partial charge is 0.339 e. The summed E-state index contributed by atoms with van der Waals surface area (Å²) in [6, 6.07) is 13.8. The number of likely N-dealkylation sites (tertiary alicyclic amines) is 1. The molecule has 8 nitrogen and oxygen atoms in total. The van der Waals surface area contributed by atoms with Gasteiger partial charge in [0.15, 0.2) is 0 Å². The number of piperidine rings is 1. The molecule has 4 rings (SSSR count). The van der Waals surface area contributed by atoms with Crippen LogP contribution in [0.1, 0.15) is 71.5 Å². The summed E-state index contributed by atoms with van der Waals surface area (Å²) in [5.74, 6) is -1.18. The lowest BCUT2D eigenvalue weighted by Gasteiger charge is -2.32. The average Bonchev–Trinajstić information content (AvgIpc) is 2.88. The first kappa shape index (κ1) is 25.9.